The summed E-state index contributed by atoms with van der Waals surface area (Å²) in [5, 5.41) is 18.9. The highest BCUT2D eigenvalue weighted by Gasteiger charge is 2.32. The number of hydrogen-bond donors (Lipinski definition) is 2. The molecule has 7 nitrogen and oxygen atoms in total. The topological polar surface area (TPSA) is 96.0 Å². The summed E-state index contributed by atoms with van der Waals surface area (Å²) < 4.78 is 2.16. The molecule has 2 N–H and O–H groups in total. The molecule has 134 valence electrons. The molecule has 1 amide bonds. The molecule has 26 heavy (non-hydrogen) atoms. The normalized spacial score (nSPS) is 18.6. The van der Waals surface area contributed by atoms with Gasteiger partial charge in [0, 0.05) is 17.1 Å². The van der Waals surface area contributed by atoms with Crippen LogP contribution in [0.4, 0.5) is 0 Å². The number of benzene rings is 1. The monoisotopic (exact) mass is 370 g/mol. The molecule has 2 aromatic rings. The number of carbonyl (C=O) groups excluding carboxylic acids is 1. The molecule has 1 aromatic carbocycles. The highest BCUT2D eigenvalue weighted by atomic mass is 32.2. The van der Waals surface area contributed by atoms with E-state index in [-0.39, 0.29) is 12.3 Å². The van der Waals surface area contributed by atoms with E-state index in [0.29, 0.717) is 5.17 Å². The van der Waals surface area contributed by atoms with Crippen LogP contribution in [0.1, 0.15) is 23.4 Å². The Morgan fingerprint density at radius 3 is 2.50 bits per heavy atom. The Kier molecular flexibility index (Phi) is 5.22. The van der Waals surface area contributed by atoms with Gasteiger partial charge in [-0.2, -0.15) is 5.10 Å². The lowest BCUT2D eigenvalue weighted by Crippen LogP contribution is -2.26. The SMILES string of the molecule is Cc1ccc(C)n1-c1ccc(C=NN=C2NC(=O)C(CC(=O)O)S2)cc1. The van der Waals surface area contributed by atoms with Crippen LogP contribution >= 0.6 is 11.8 Å². The largest absolute Gasteiger partial charge is 0.481 e. The van der Waals surface area contributed by atoms with E-state index in [1.807, 2.05) is 24.3 Å². The number of carbonyl (C=O) groups is 2. The van der Waals surface area contributed by atoms with E-state index in [0.717, 1.165) is 23.0 Å². The highest BCUT2D eigenvalue weighted by molar-refractivity contribution is 8.15. The molecule has 0 saturated carbocycles. The summed E-state index contributed by atoms with van der Waals surface area (Å²) >= 11 is 1.08. The molecule has 0 radical (unpaired) electrons. The van der Waals surface area contributed by atoms with E-state index >= 15 is 0 Å². The number of aliphatic carboxylic acids is 1. The fraction of sp³-hybridized carbons (Fsp3) is 0.222. The number of hydrogen-bond acceptors (Lipinski definition) is 5. The second-order valence-corrected chi connectivity index (χ2v) is 7.08. The van der Waals surface area contributed by atoms with E-state index in [1.165, 1.54) is 11.4 Å². The number of aryl methyl sites for hydroxylation is 2. The van der Waals surface area contributed by atoms with Gasteiger partial charge in [0.15, 0.2) is 5.17 Å². The first kappa shape index (κ1) is 17.9. The molecule has 1 unspecified atom stereocenters. The molecule has 1 aliphatic rings. The van der Waals surface area contributed by atoms with Gasteiger partial charge >= 0.3 is 5.97 Å². The summed E-state index contributed by atoms with van der Waals surface area (Å²) in [5.41, 5.74) is 4.28. The smallest absolute Gasteiger partial charge is 0.305 e. The molecule has 2 heterocycles. The molecule has 0 bridgehead atoms. The van der Waals surface area contributed by atoms with Crippen molar-refractivity contribution in [3.8, 4) is 5.69 Å². The molecule has 0 aliphatic carbocycles. The summed E-state index contributed by atoms with van der Waals surface area (Å²) in [6, 6.07) is 12.0. The first-order valence-electron chi connectivity index (χ1n) is 8.00. The zero-order valence-corrected chi connectivity index (χ0v) is 15.2. The van der Waals surface area contributed by atoms with Crippen molar-refractivity contribution in [2.24, 2.45) is 10.2 Å². The molecule has 1 aliphatic heterocycles. The van der Waals surface area contributed by atoms with E-state index in [4.69, 9.17) is 5.11 Å². The lowest BCUT2D eigenvalue weighted by molar-refractivity contribution is -0.138. The van der Waals surface area contributed by atoms with Gasteiger partial charge in [-0.25, -0.2) is 0 Å². The van der Waals surface area contributed by atoms with Gasteiger partial charge in [0.25, 0.3) is 0 Å². The maximum Gasteiger partial charge on any atom is 0.305 e. The number of nitrogens with zero attached hydrogens (tertiary/aromatic N) is 3. The third kappa shape index (κ3) is 4.02. The van der Waals surface area contributed by atoms with E-state index in [1.54, 1.807) is 6.21 Å². The zero-order valence-electron chi connectivity index (χ0n) is 14.3. The Balaban J connectivity index is 1.66. The molecule has 1 saturated heterocycles. The van der Waals surface area contributed by atoms with E-state index < -0.39 is 11.2 Å². The third-order valence-electron chi connectivity index (χ3n) is 3.91. The van der Waals surface area contributed by atoms with Crippen LogP contribution in [0.3, 0.4) is 0 Å². The van der Waals surface area contributed by atoms with Crippen molar-refractivity contribution in [2.45, 2.75) is 25.5 Å². The van der Waals surface area contributed by atoms with Crippen LogP contribution in [-0.2, 0) is 9.59 Å². The maximum absolute atomic E-state index is 11.6. The molecule has 1 aromatic heterocycles. The fourth-order valence-electron chi connectivity index (χ4n) is 2.68. The molecular weight excluding hydrogens is 352 g/mol. The van der Waals surface area contributed by atoms with Crippen LogP contribution in [0.25, 0.3) is 5.69 Å². The Morgan fingerprint density at radius 2 is 1.88 bits per heavy atom. The van der Waals surface area contributed by atoms with Crippen molar-refractivity contribution >= 4 is 35.0 Å². The Bertz CT molecular complexity index is 880. The van der Waals surface area contributed by atoms with Gasteiger partial charge in [-0.3, -0.25) is 9.59 Å². The minimum absolute atomic E-state index is 0.237. The van der Waals surface area contributed by atoms with Crippen molar-refractivity contribution in [1.29, 1.82) is 0 Å². The zero-order chi connectivity index (χ0) is 18.7. The molecule has 8 heteroatoms. The summed E-state index contributed by atoms with van der Waals surface area (Å²) in [5.74, 6) is -1.37. The lowest BCUT2D eigenvalue weighted by atomic mass is 10.2. The van der Waals surface area contributed by atoms with E-state index in [2.05, 4.69) is 46.1 Å². The number of nitrogens with one attached hydrogen (secondary N) is 1. The molecule has 0 spiro atoms. The van der Waals surface area contributed by atoms with Gasteiger partial charge in [-0.1, -0.05) is 23.9 Å². The van der Waals surface area contributed by atoms with E-state index in [9.17, 15) is 9.59 Å². The Labute approximate surface area is 154 Å². The van der Waals surface area contributed by atoms with Gasteiger partial charge in [0.05, 0.1) is 12.6 Å². The van der Waals surface area contributed by atoms with Crippen molar-refractivity contribution in [3.63, 3.8) is 0 Å². The summed E-state index contributed by atoms with van der Waals surface area (Å²) in [6.07, 6.45) is 1.35. The lowest BCUT2D eigenvalue weighted by Gasteiger charge is -2.09. The van der Waals surface area contributed by atoms with Gasteiger partial charge in [-0.15, -0.1) is 5.10 Å². The standard InChI is InChI=1S/C18H18N4O3S/c1-11-3-4-12(2)22(11)14-7-5-13(6-8-14)10-19-21-18-20-17(25)15(26-18)9-16(23)24/h3-8,10,15H,9H2,1-2H3,(H,23,24)(H,20,21,25). The van der Waals surface area contributed by atoms with Crippen LogP contribution in [0, 0.1) is 13.8 Å². The number of aromatic nitrogens is 1. The Hall–Kier alpha value is -2.87. The molecule has 1 atom stereocenters. The molecule has 3 rings (SSSR count). The second kappa shape index (κ2) is 7.57. The number of rotatable bonds is 5. The average Bonchev–Trinajstić information content (AvgIpc) is 3.10. The first-order chi connectivity index (χ1) is 12.4. The average molecular weight is 370 g/mol. The minimum atomic E-state index is -1.02. The van der Waals surface area contributed by atoms with Gasteiger partial charge in [0.2, 0.25) is 5.91 Å². The quantitative estimate of drug-likeness (QED) is 0.624. The summed E-state index contributed by atoms with van der Waals surface area (Å²) in [6.45, 7) is 4.12. The maximum atomic E-state index is 11.6. The first-order valence-corrected chi connectivity index (χ1v) is 8.88. The number of carboxylic acid groups (broad SMARTS) is 1. The number of amidine groups is 1. The second-order valence-electron chi connectivity index (χ2n) is 5.89. The number of amides is 1. The highest BCUT2D eigenvalue weighted by Crippen LogP contribution is 2.22. The summed E-state index contributed by atoms with van der Waals surface area (Å²) in [4.78, 5) is 22.3. The van der Waals surface area contributed by atoms with Gasteiger partial charge in [0.1, 0.15) is 5.25 Å². The number of carboxylic acids is 1. The fourth-order valence-corrected chi connectivity index (χ4v) is 3.59. The Morgan fingerprint density at radius 1 is 1.23 bits per heavy atom. The number of thioether (sulfide) groups is 1. The predicted octanol–water partition coefficient (Wildman–Crippen LogP) is 2.49. The van der Waals surface area contributed by atoms with Crippen molar-refractivity contribution in [2.75, 3.05) is 0 Å². The predicted molar refractivity (Wildman–Crippen MR) is 102 cm³/mol. The summed E-state index contributed by atoms with van der Waals surface area (Å²) in [7, 11) is 0. The molecular formula is C18H18N4O3S. The van der Waals surface area contributed by atoms with Crippen molar-refractivity contribution < 1.29 is 14.7 Å². The minimum Gasteiger partial charge on any atom is -0.481 e. The van der Waals surface area contributed by atoms with Gasteiger partial charge in [-0.05, 0) is 43.7 Å². The van der Waals surface area contributed by atoms with Crippen LogP contribution in [-0.4, -0.2) is 38.2 Å². The van der Waals surface area contributed by atoms with Crippen LogP contribution in [0.5, 0.6) is 0 Å². The van der Waals surface area contributed by atoms with Crippen molar-refractivity contribution in [1.82, 2.24) is 9.88 Å². The molecule has 1 fully saturated rings. The third-order valence-corrected chi connectivity index (χ3v) is 4.99. The van der Waals surface area contributed by atoms with Gasteiger partial charge < -0.3 is 15.0 Å². The van der Waals surface area contributed by atoms with Crippen LogP contribution < -0.4 is 5.32 Å². The van der Waals surface area contributed by atoms with Crippen LogP contribution in [0.2, 0.25) is 0 Å². The van der Waals surface area contributed by atoms with Crippen molar-refractivity contribution in [3.05, 3.63) is 53.3 Å². The van der Waals surface area contributed by atoms with Crippen LogP contribution in [0.15, 0.2) is 46.6 Å².